The summed E-state index contributed by atoms with van der Waals surface area (Å²) in [5, 5.41) is 0.720. The minimum Gasteiger partial charge on any atom is -0.485 e. The molecule has 6 heteroatoms. The van der Waals surface area contributed by atoms with Crippen molar-refractivity contribution in [2.24, 2.45) is 0 Å². The van der Waals surface area contributed by atoms with Gasteiger partial charge in [0.15, 0.2) is 23.3 Å². The average Bonchev–Trinajstić information content (AvgIpc) is 2.88. The van der Waals surface area contributed by atoms with Crippen LogP contribution in [-0.4, -0.2) is 24.7 Å². The van der Waals surface area contributed by atoms with Gasteiger partial charge in [-0.3, -0.25) is 0 Å². The molecule has 0 aliphatic carbocycles. The van der Waals surface area contributed by atoms with E-state index in [1.54, 1.807) is 0 Å². The molecule has 3 rings (SSSR count). The molecular weight excluding hydrogens is 278 g/mol. The molecule has 104 valence electrons. The van der Waals surface area contributed by atoms with Gasteiger partial charge in [-0.05, 0) is 19.1 Å². The van der Waals surface area contributed by atoms with Crippen molar-refractivity contribution < 1.29 is 19.0 Å². The molecule has 0 N–H and O–H groups in total. The average molecular weight is 291 g/mol. The Labute approximate surface area is 120 Å². The van der Waals surface area contributed by atoms with E-state index in [9.17, 15) is 4.79 Å². The largest absolute Gasteiger partial charge is 0.485 e. The Morgan fingerprint density at radius 2 is 2.15 bits per heavy atom. The summed E-state index contributed by atoms with van der Waals surface area (Å²) in [6, 6.07) is 7.49. The van der Waals surface area contributed by atoms with Crippen molar-refractivity contribution in [3.05, 3.63) is 39.8 Å². The van der Waals surface area contributed by atoms with Crippen molar-refractivity contribution in [1.29, 1.82) is 0 Å². The van der Waals surface area contributed by atoms with Crippen LogP contribution in [0.4, 0.5) is 0 Å². The number of carbonyl (C=O) groups is 1. The van der Waals surface area contributed by atoms with Gasteiger partial charge < -0.3 is 14.2 Å². The molecule has 1 aliphatic rings. The zero-order valence-electron chi connectivity index (χ0n) is 11.1. The molecule has 0 spiro atoms. The molecule has 1 atom stereocenters. The molecule has 0 saturated heterocycles. The number of esters is 1. The first-order chi connectivity index (χ1) is 9.69. The number of para-hydroxylation sites is 2. The van der Waals surface area contributed by atoms with E-state index in [4.69, 9.17) is 14.2 Å². The van der Waals surface area contributed by atoms with E-state index in [2.05, 4.69) is 4.98 Å². The minimum absolute atomic E-state index is 0.299. The number of hydrogen-bond donors (Lipinski definition) is 0. The van der Waals surface area contributed by atoms with E-state index in [-0.39, 0.29) is 6.10 Å². The molecule has 0 amide bonds. The lowest BCUT2D eigenvalue weighted by Crippen LogP contribution is -2.21. The Bertz CT molecular complexity index is 652. The Balaban J connectivity index is 1.87. The quantitative estimate of drug-likeness (QED) is 0.796. The lowest BCUT2D eigenvalue weighted by Gasteiger charge is -2.24. The summed E-state index contributed by atoms with van der Waals surface area (Å²) in [7, 11) is 1.34. The molecule has 20 heavy (non-hydrogen) atoms. The Hall–Kier alpha value is -2.08. The van der Waals surface area contributed by atoms with Gasteiger partial charge in [-0.15, -0.1) is 11.3 Å². The number of nitrogens with zero attached hydrogens (tertiary/aromatic N) is 1. The van der Waals surface area contributed by atoms with Crippen LogP contribution < -0.4 is 9.47 Å². The maximum atomic E-state index is 11.6. The fourth-order valence-electron chi connectivity index (χ4n) is 1.98. The van der Waals surface area contributed by atoms with Crippen LogP contribution in [0.2, 0.25) is 0 Å². The molecule has 1 aromatic carbocycles. The Morgan fingerprint density at radius 3 is 2.90 bits per heavy atom. The number of ether oxygens (including phenoxy) is 3. The first kappa shape index (κ1) is 12.9. The Kier molecular flexibility index (Phi) is 3.31. The molecule has 1 aromatic heterocycles. The number of methoxy groups -OCH3 is 1. The van der Waals surface area contributed by atoms with Crippen molar-refractivity contribution in [3.63, 3.8) is 0 Å². The van der Waals surface area contributed by atoms with Crippen LogP contribution in [-0.2, 0) is 4.74 Å². The lowest BCUT2D eigenvalue weighted by molar-refractivity contribution is 0.0591. The highest BCUT2D eigenvalue weighted by Crippen LogP contribution is 2.37. The maximum Gasteiger partial charge on any atom is 0.357 e. The van der Waals surface area contributed by atoms with Crippen molar-refractivity contribution in [2.75, 3.05) is 13.7 Å². The fourth-order valence-corrected chi connectivity index (χ4v) is 2.91. The summed E-state index contributed by atoms with van der Waals surface area (Å²) in [5.74, 6) is 0.989. The monoisotopic (exact) mass is 291 g/mol. The predicted octanol–water partition coefficient (Wildman–Crippen LogP) is 2.75. The molecule has 0 bridgehead atoms. The van der Waals surface area contributed by atoms with Crippen LogP contribution in [0.25, 0.3) is 0 Å². The van der Waals surface area contributed by atoms with Crippen molar-refractivity contribution in [1.82, 2.24) is 4.98 Å². The van der Waals surface area contributed by atoms with Gasteiger partial charge in [0.1, 0.15) is 11.6 Å². The first-order valence-corrected chi connectivity index (χ1v) is 6.95. The highest BCUT2D eigenvalue weighted by molar-refractivity contribution is 7.11. The second-order valence-corrected chi connectivity index (χ2v) is 5.55. The van der Waals surface area contributed by atoms with Gasteiger partial charge in [-0.25, -0.2) is 9.78 Å². The number of benzene rings is 1. The van der Waals surface area contributed by atoms with E-state index in [1.807, 2.05) is 31.2 Å². The van der Waals surface area contributed by atoms with Crippen LogP contribution in [0, 0.1) is 6.92 Å². The molecule has 2 heterocycles. The summed E-state index contributed by atoms with van der Waals surface area (Å²) in [6.45, 7) is 2.22. The van der Waals surface area contributed by atoms with Crippen LogP contribution in [0.5, 0.6) is 11.5 Å². The fraction of sp³-hybridized carbons (Fsp3) is 0.286. The van der Waals surface area contributed by atoms with Gasteiger partial charge in [-0.2, -0.15) is 0 Å². The number of hydrogen-bond acceptors (Lipinski definition) is 6. The van der Waals surface area contributed by atoms with E-state index < -0.39 is 5.97 Å². The van der Waals surface area contributed by atoms with Crippen molar-refractivity contribution >= 4 is 17.3 Å². The molecular formula is C14H13NO4S. The summed E-state index contributed by atoms with van der Waals surface area (Å²) in [5.41, 5.74) is 0.343. The topological polar surface area (TPSA) is 57.7 Å². The van der Waals surface area contributed by atoms with Gasteiger partial charge in [0.05, 0.1) is 7.11 Å². The number of aromatic nitrogens is 1. The molecule has 0 fully saturated rings. The third-order valence-corrected chi connectivity index (χ3v) is 4.04. The third-order valence-electron chi connectivity index (χ3n) is 2.98. The standard InChI is InChI=1S/C14H13NO4S/c1-8-12(14(16)17-2)15-13(20-8)11-7-18-9-5-3-4-6-10(9)19-11/h3-6,11H,7H2,1-2H3. The molecule has 5 nitrogen and oxygen atoms in total. The highest BCUT2D eigenvalue weighted by Gasteiger charge is 2.27. The molecule has 1 aliphatic heterocycles. The van der Waals surface area contributed by atoms with E-state index in [1.165, 1.54) is 18.4 Å². The lowest BCUT2D eigenvalue weighted by atomic mass is 10.2. The molecule has 0 radical (unpaired) electrons. The normalized spacial score (nSPS) is 16.8. The SMILES string of the molecule is COC(=O)c1nc(C2COc3ccccc3O2)sc1C. The van der Waals surface area contributed by atoms with Crippen molar-refractivity contribution in [2.45, 2.75) is 13.0 Å². The van der Waals surface area contributed by atoms with Crippen LogP contribution >= 0.6 is 11.3 Å². The van der Waals surface area contributed by atoms with E-state index in [0.717, 1.165) is 15.6 Å². The van der Waals surface area contributed by atoms with Crippen LogP contribution in [0.1, 0.15) is 26.5 Å². The summed E-state index contributed by atoms with van der Waals surface area (Å²) >= 11 is 1.42. The zero-order valence-corrected chi connectivity index (χ0v) is 11.9. The summed E-state index contributed by atoms with van der Waals surface area (Å²) in [6.07, 6.45) is -0.299. The van der Waals surface area contributed by atoms with E-state index >= 15 is 0 Å². The predicted molar refractivity (Wildman–Crippen MR) is 73.5 cm³/mol. The molecule has 2 aromatic rings. The third kappa shape index (κ3) is 2.22. The number of aryl methyl sites for hydroxylation is 1. The second-order valence-electron chi connectivity index (χ2n) is 4.31. The van der Waals surface area contributed by atoms with E-state index in [0.29, 0.717) is 18.1 Å². The van der Waals surface area contributed by atoms with Gasteiger partial charge in [0.25, 0.3) is 0 Å². The maximum absolute atomic E-state index is 11.6. The van der Waals surface area contributed by atoms with Gasteiger partial charge >= 0.3 is 5.97 Å². The summed E-state index contributed by atoms with van der Waals surface area (Å²) in [4.78, 5) is 16.7. The Morgan fingerprint density at radius 1 is 1.40 bits per heavy atom. The number of thiazole rings is 1. The zero-order chi connectivity index (χ0) is 14.1. The summed E-state index contributed by atoms with van der Waals surface area (Å²) < 4.78 is 16.2. The van der Waals surface area contributed by atoms with Crippen molar-refractivity contribution in [3.8, 4) is 11.5 Å². The molecule has 1 unspecified atom stereocenters. The van der Waals surface area contributed by atoms with Gasteiger partial charge in [0, 0.05) is 4.88 Å². The molecule has 0 saturated carbocycles. The second kappa shape index (κ2) is 5.13. The highest BCUT2D eigenvalue weighted by atomic mass is 32.1. The van der Waals surface area contributed by atoms with Gasteiger partial charge in [-0.1, -0.05) is 12.1 Å². The number of rotatable bonds is 2. The number of fused-ring (bicyclic) bond motifs is 1. The first-order valence-electron chi connectivity index (χ1n) is 6.13. The minimum atomic E-state index is -0.429. The number of carbonyl (C=O) groups excluding carboxylic acids is 1. The smallest absolute Gasteiger partial charge is 0.357 e. The van der Waals surface area contributed by atoms with Crippen LogP contribution in [0.15, 0.2) is 24.3 Å². The van der Waals surface area contributed by atoms with Gasteiger partial charge in [0.2, 0.25) is 0 Å². The van der Waals surface area contributed by atoms with Crippen LogP contribution in [0.3, 0.4) is 0 Å².